The number of hydrogen-bond donors (Lipinski definition) is 1. The lowest BCUT2D eigenvalue weighted by molar-refractivity contribution is 0.413. The van der Waals surface area contributed by atoms with E-state index < -0.39 is 6.67 Å². The fraction of sp³-hybridized carbons (Fsp3) is 0.250. The Hall–Kier alpha value is -2.04. The molecule has 0 bridgehead atoms. The summed E-state index contributed by atoms with van der Waals surface area (Å²) in [6, 6.07) is 6.95. The van der Waals surface area contributed by atoms with Gasteiger partial charge in [-0.2, -0.15) is 5.10 Å². The molecule has 0 atom stereocenters. The van der Waals surface area contributed by atoms with Crippen LogP contribution in [0.2, 0.25) is 0 Å². The van der Waals surface area contributed by atoms with Gasteiger partial charge in [0, 0.05) is 18.7 Å². The van der Waals surface area contributed by atoms with Crippen molar-refractivity contribution in [2.24, 2.45) is 7.05 Å². The van der Waals surface area contributed by atoms with Crippen LogP contribution < -0.4 is 10.5 Å². The van der Waals surface area contributed by atoms with Crippen LogP contribution in [0.15, 0.2) is 24.3 Å². The molecule has 0 radical (unpaired) electrons. The Morgan fingerprint density at radius 3 is 2.76 bits per heavy atom. The molecule has 0 aliphatic carbocycles. The molecule has 0 fully saturated rings. The summed E-state index contributed by atoms with van der Waals surface area (Å²) in [5.41, 5.74) is 7.55. The van der Waals surface area contributed by atoms with Crippen molar-refractivity contribution < 1.29 is 9.13 Å². The molecule has 0 saturated heterocycles. The summed E-state index contributed by atoms with van der Waals surface area (Å²) in [6.45, 7) is -0.566. The summed E-state index contributed by atoms with van der Waals surface area (Å²) in [4.78, 5) is 0. The monoisotopic (exact) mass is 235 g/mol. The van der Waals surface area contributed by atoms with Crippen molar-refractivity contribution in [2.45, 2.75) is 6.67 Å². The number of rotatable bonds is 3. The minimum atomic E-state index is -0.566. The van der Waals surface area contributed by atoms with Crippen molar-refractivity contribution in [2.75, 3.05) is 12.8 Å². The molecule has 5 heteroatoms. The quantitative estimate of drug-likeness (QED) is 0.886. The number of hydrogen-bond acceptors (Lipinski definition) is 3. The summed E-state index contributed by atoms with van der Waals surface area (Å²) in [5.74, 6) is 1.12. The molecular weight excluding hydrogens is 221 g/mol. The Morgan fingerprint density at radius 1 is 1.47 bits per heavy atom. The van der Waals surface area contributed by atoms with E-state index in [2.05, 4.69) is 5.10 Å². The van der Waals surface area contributed by atoms with Gasteiger partial charge in [0.15, 0.2) is 0 Å². The predicted octanol–water partition coefficient (Wildman–Crippen LogP) is 2.15. The second-order valence-electron chi connectivity index (χ2n) is 3.71. The van der Waals surface area contributed by atoms with E-state index in [9.17, 15) is 4.39 Å². The van der Waals surface area contributed by atoms with Crippen LogP contribution in [-0.4, -0.2) is 16.9 Å². The largest absolute Gasteiger partial charge is 0.496 e. The lowest BCUT2D eigenvalue weighted by Gasteiger charge is -2.09. The third-order valence-corrected chi connectivity index (χ3v) is 2.65. The SMILES string of the molecule is COc1cccc(CF)c1-c1cc(N)n(C)n1. The molecule has 90 valence electrons. The van der Waals surface area contributed by atoms with Crippen LogP contribution in [0.3, 0.4) is 0 Å². The third kappa shape index (κ3) is 1.95. The summed E-state index contributed by atoms with van der Waals surface area (Å²) in [7, 11) is 3.29. The van der Waals surface area contributed by atoms with Gasteiger partial charge in [0.1, 0.15) is 18.2 Å². The molecule has 1 aromatic heterocycles. The summed E-state index contributed by atoms with van der Waals surface area (Å²) < 4.78 is 19.8. The van der Waals surface area contributed by atoms with E-state index in [0.717, 1.165) is 0 Å². The number of anilines is 1. The maximum atomic E-state index is 13.0. The zero-order valence-corrected chi connectivity index (χ0v) is 9.77. The maximum absolute atomic E-state index is 13.0. The number of nitrogen functional groups attached to an aromatic ring is 1. The first-order valence-electron chi connectivity index (χ1n) is 5.19. The lowest BCUT2D eigenvalue weighted by atomic mass is 10.0. The van der Waals surface area contributed by atoms with Crippen LogP contribution in [0.1, 0.15) is 5.56 Å². The van der Waals surface area contributed by atoms with Crippen LogP contribution in [0, 0.1) is 0 Å². The number of methoxy groups -OCH3 is 1. The first kappa shape index (κ1) is 11.4. The Morgan fingerprint density at radius 2 is 2.24 bits per heavy atom. The van der Waals surface area contributed by atoms with Gasteiger partial charge >= 0.3 is 0 Å². The fourth-order valence-corrected chi connectivity index (χ4v) is 1.75. The molecule has 0 aliphatic rings. The van der Waals surface area contributed by atoms with Crippen LogP contribution in [-0.2, 0) is 13.7 Å². The van der Waals surface area contributed by atoms with Crippen molar-refractivity contribution in [1.29, 1.82) is 0 Å². The van der Waals surface area contributed by atoms with Crippen molar-refractivity contribution >= 4 is 5.82 Å². The van der Waals surface area contributed by atoms with E-state index >= 15 is 0 Å². The summed E-state index contributed by atoms with van der Waals surface area (Å²) in [6.07, 6.45) is 0. The number of alkyl halides is 1. The number of nitrogens with two attached hydrogens (primary N) is 1. The number of aromatic nitrogens is 2. The van der Waals surface area contributed by atoms with Gasteiger partial charge in [-0.15, -0.1) is 0 Å². The second kappa shape index (κ2) is 4.45. The lowest BCUT2D eigenvalue weighted by Crippen LogP contribution is -1.97. The number of halogens is 1. The molecule has 0 aliphatic heterocycles. The van der Waals surface area contributed by atoms with Crippen LogP contribution in [0.5, 0.6) is 5.75 Å². The molecule has 1 aromatic carbocycles. The highest BCUT2D eigenvalue weighted by Crippen LogP contribution is 2.33. The average Bonchev–Trinajstić information content (AvgIpc) is 2.68. The number of benzene rings is 1. The van der Waals surface area contributed by atoms with Gasteiger partial charge in [-0.3, -0.25) is 4.68 Å². The third-order valence-electron chi connectivity index (χ3n) is 2.65. The van der Waals surface area contributed by atoms with E-state index in [1.54, 1.807) is 43.1 Å². The Kier molecular flexibility index (Phi) is 2.99. The van der Waals surface area contributed by atoms with E-state index in [1.807, 2.05) is 0 Å². The molecule has 0 amide bonds. The van der Waals surface area contributed by atoms with E-state index in [4.69, 9.17) is 10.5 Å². The zero-order valence-electron chi connectivity index (χ0n) is 9.77. The van der Waals surface area contributed by atoms with Crippen molar-refractivity contribution in [3.8, 4) is 17.0 Å². The molecule has 0 saturated carbocycles. The van der Waals surface area contributed by atoms with E-state index in [-0.39, 0.29) is 0 Å². The van der Waals surface area contributed by atoms with Gasteiger partial charge in [-0.1, -0.05) is 12.1 Å². The molecule has 0 unspecified atom stereocenters. The minimum absolute atomic E-state index is 0.524. The summed E-state index contributed by atoms with van der Waals surface area (Å²) in [5, 5.41) is 4.24. The number of aryl methyl sites for hydroxylation is 1. The fourth-order valence-electron chi connectivity index (χ4n) is 1.75. The van der Waals surface area contributed by atoms with Crippen LogP contribution >= 0.6 is 0 Å². The molecule has 1 heterocycles. The first-order chi connectivity index (χ1) is 8.17. The Bertz CT molecular complexity index is 495. The van der Waals surface area contributed by atoms with Gasteiger partial charge in [0.2, 0.25) is 0 Å². The molecule has 0 spiro atoms. The Labute approximate surface area is 98.8 Å². The second-order valence-corrected chi connectivity index (χ2v) is 3.71. The van der Waals surface area contributed by atoms with Gasteiger partial charge in [0.25, 0.3) is 0 Å². The average molecular weight is 235 g/mol. The molecule has 2 rings (SSSR count). The van der Waals surface area contributed by atoms with Gasteiger partial charge < -0.3 is 10.5 Å². The molecule has 4 nitrogen and oxygen atoms in total. The molecule has 17 heavy (non-hydrogen) atoms. The number of ether oxygens (including phenoxy) is 1. The van der Waals surface area contributed by atoms with E-state index in [0.29, 0.717) is 28.4 Å². The first-order valence-corrected chi connectivity index (χ1v) is 5.19. The van der Waals surface area contributed by atoms with Gasteiger partial charge in [-0.25, -0.2) is 4.39 Å². The van der Waals surface area contributed by atoms with E-state index in [1.165, 1.54) is 0 Å². The molecular formula is C12H14FN3O. The normalized spacial score (nSPS) is 10.5. The van der Waals surface area contributed by atoms with Crippen LogP contribution in [0.4, 0.5) is 10.2 Å². The topological polar surface area (TPSA) is 53.1 Å². The van der Waals surface area contributed by atoms with Crippen molar-refractivity contribution in [1.82, 2.24) is 9.78 Å². The van der Waals surface area contributed by atoms with Crippen molar-refractivity contribution in [3.63, 3.8) is 0 Å². The van der Waals surface area contributed by atoms with Gasteiger partial charge in [-0.05, 0) is 11.6 Å². The van der Waals surface area contributed by atoms with Crippen LogP contribution in [0.25, 0.3) is 11.3 Å². The molecule has 2 aromatic rings. The zero-order chi connectivity index (χ0) is 12.4. The molecule has 2 N–H and O–H groups in total. The minimum Gasteiger partial charge on any atom is -0.496 e. The predicted molar refractivity (Wildman–Crippen MR) is 64.4 cm³/mol. The number of nitrogens with zero attached hydrogens (tertiary/aromatic N) is 2. The highest BCUT2D eigenvalue weighted by Gasteiger charge is 2.14. The standard InChI is InChI=1S/C12H14FN3O/c1-16-11(14)6-9(15-16)12-8(7-13)4-3-5-10(12)17-2/h3-6H,7,14H2,1-2H3. The van der Waals surface area contributed by atoms with Crippen molar-refractivity contribution in [3.05, 3.63) is 29.8 Å². The smallest absolute Gasteiger partial charge is 0.128 e. The highest BCUT2D eigenvalue weighted by atomic mass is 19.1. The summed E-state index contributed by atoms with van der Waals surface area (Å²) >= 11 is 0. The van der Waals surface area contributed by atoms with Gasteiger partial charge in [0.05, 0.1) is 12.8 Å². The Balaban J connectivity index is 2.63. The maximum Gasteiger partial charge on any atom is 0.128 e. The highest BCUT2D eigenvalue weighted by molar-refractivity contribution is 5.72.